The van der Waals surface area contributed by atoms with E-state index in [9.17, 15) is 23.1 Å². The number of unbranched alkanes of at least 4 members (excludes halogenated alkanes) is 2. The van der Waals surface area contributed by atoms with Gasteiger partial charge in [-0.15, -0.1) is 0 Å². The summed E-state index contributed by atoms with van der Waals surface area (Å²) in [5.41, 5.74) is 3.58. The summed E-state index contributed by atoms with van der Waals surface area (Å²) in [6.07, 6.45) is 6.28. The number of carbonyl (C=O) groups excluding carboxylic acids is 3. The maximum atomic E-state index is 15.0. The number of imidazole rings is 1. The summed E-state index contributed by atoms with van der Waals surface area (Å²) in [5.74, 6) is -1.30. The van der Waals surface area contributed by atoms with E-state index in [0.717, 1.165) is 47.8 Å². The molecule has 6 aromatic rings. The minimum atomic E-state index is -4.39. The van der Waals surface area contributed by atoms with Gasteiger partial charge in [-0.25, -0.2) is 18.1 Å². The molecule has 1 unspecified atom stereocenters. The van der Waals surface area contributed by atoms with Crippen molar-refractivity contribution in [3.05, 3.63) is 154 Å². The van der Waals surface area contributed by atoms with Gasteiger partial charge in [0.05, 0.1) is 23.1 Å². The Hall–Kier alpha value is -5.82. The Morgan fingerprint density at radius 2 is 1.59 bits per heavy atom. The minimum Gasteiger partial charge on any atom is -0.394 e. The summed E-state index contributed by atoms with van der Waals surface area (Å²) in [4.78, 5) is 51.4. The van der Waals surface area contributed by atoms with Gasteiger partial charge >= 0.3 is 0 Å². The number of sulfonamides is 1. The van der Waals surface area contributed by atoms with Crippen LogP contribution in [-0.4, -0.2) is 76.3 Å². The predicted octanol–water partition coefficient (Wildman–Crippen LogP) is 8.32. The molecule has 5 aromatic carbocycles. The molecule has 0 radical (unpaired) electrons. The molecule has 11 nitrogen and oxygen atoms in total. The number of aromatic nitrogens is 2. The van der Waals surface area contributed by atoms with Crippen LogP contribution in [0.25, 0.3) is 22.2 Å². The lowest BCUT2D eigenvalue weighted by Crippen LogP contribution is -2.46. The molecule has 0 saturated heterocycles. The lowest BCUT2D eigenvalue weighted by atomic mass is 9.92. The second kappa shape index (κ2) is 19.3. The van der Waals surface area contributed by atoms with Crippen molar-refractivity contribution in [2.75, 3.05) is 19.7 Å². The first-order valence-electron chi connectivity index (χ1n) is 20.8. The normalized spacial score (nSPS) is 13.8. The van der Waals surface area contributed by atoms with Crippen LogP contribution in [0, 0.1) is 0 Å². The fourth-order valence-electron chi connectivity index (χ4n) is 7.79. The van der Waals surface area contributed by atoms with Crippen molar-refractivity contribution in [3.8, 4) is 11.4 Å². The Bertz CT molecular complexity index is 2660. The molecule has 0 saturated carbocycles. The van der Waals surface area contributed by atoms with Crippen molar-refractivity contribution in [1.82, 2.24) is 24.1 Å². The Balaban J connectivity index is 1.32. The number of amides is 3. The first kappa shape index (κ1) is 43.3. The molecule has 0 spiro atoms. The minimum absolute atomic E-state index is 0.0692. The lowest BCUT2D eigenvalue weighted by Gasteiger charge is -2.36. The van der Waals surface area contributed by atoms with E-state index in [1.54, 1.807) is 41.4 Å². The van der Waals surface area contributed by atoms with Crippen LogP contribution in [-0.2, 0) is 36.0 Å². The van der Waals surface area contributed by atoms with Crippen LogP contribution in [0.3, 0.4) is 0 Å². The molecule has 13 heteroatoms. The molecule has 2 heterocycles. The standard InChI is InChI=1S/C48H50ClN5O6S/c1-3-5-24-52(25-6-4-2)48(58)44-31-53(26-23-33-13-8-7-9-14-33)45(50-44)40-22-20-36(28-42(40)47(57)54-30-37-16-11-10-15-35(37)27-38(54)32-55)46(56)51-61(59,60)39-21-19-34-17-12-18-43(49)41(34)29-39/h7-22,28-29,31,38,55H,3-6,23-27,30,32H2,1-2H3,(H,51,56). The lowest BCUT2D eigenvalue weighted by molar-refractivity contribution is 0.0544. The maximum absolute atomic E-state index is 15.0. The average Bonchev–Trinajstić information content (AvgIpc) is 3.71. The molecule has 3 amide bonds. The first-order chi connectivity index (χ1) is 29.5. The number of aryl methyl sites for hydroxylation is 2. The number of hydrogen-bond acceptors (Lipinski definition) is 7. The molecule has 1 aliphatic rings. The number of aliphatic hydroxyl groups excluding tert-OH is 1. The number of fused-ring (bicyclic) bond motifs is 2. The van der Waals surface area contributed by atoms with Gasteiger partial charge < -0.3 is 19.5 Å². The van der Waals surface area contributed by atoms with E-state index in [2.05, 4.69) is 18.6 Å². The van der Waals surface area contributed by atoms with Gasteiger partial charge in [-0.3, -0.25) is 14.4 Å². The number of nitrogens with one attached hydrogen (secondary N) is 1. The number of rotatable bonds is 16. The highest BCUT2D eigenvalue weighted by Crippen LogP contribution is 2.32. The molecular weight excluding hydrogens is 810 g/mol. The molecule has 61 heavy (non-hydrogen) atoms. The fourth-order valence-corrected chi connectivity index (χ4v) is 9.03. The van der Waals surface area contributed by atoms with E-state index in [1.807, 2.05) is 64.1 Å². The highest BCUT2D eigenvalue weighted by molar-refractivity contribution is 7.90. The highest BCUT2D eigenvalue weighted by Gasteiger charge is 2.33. The Labute approximate surface area is 362 Å². The van der Waals surface area contributed by atoms with E-state index in [4.69, 9.17) is 16.6 Å². The van der Waals surface area contributed by atoms with E-state index in [-0.39, 0.29) is 40.8 Å². The molecule has 7 rings (SSSR count). The summed E-state index contributed by atoms with van der Waals surface area (Å²) in [7, 11) is -4.39. The number of halogens is 1. The molecule has 316 valence electrons. The summed E-state index contributed by atoms with van der Waals surface area (Å²) in [5, 5.41) is 12.2. The van der Waals surface area contributed by atoms with Crippen LogP contribution >= 0.6 is 11.6 Å². The maximum Gasteiger partial charge on any atom is 0.274 e. The van der Waals surface area contributed by atoms with Crippen molar-refractivity contribution >= 4 is 50.1 Å². The van der Waals surface area contributed by atoms with Gasteiger partial charge in [0, 0.05) is 53.9 Å². The number of nitrogens with zero attached hydrogens (tertiary/aromatic N) is 4. The number of carbonyl (C=O) groups is 3. The van der Waals surface area contributed by atoms with Gasteiger partial charge in [0.15, 0.2) is 0 Å². The van der Waals surface area contributed by atoms with Crippen molar-refractivity contribution in [2.24, 2.45) is 0 Å². The molecule has 0 fully saturated rings. The zero-order valence-electron chi connectivity index (χ0n) is 34.4. The number of aliphatic hydroxyl groups is 1. The van der Waals surface area contributed by atoms with Crippen molar-refractivity contribution in [3.63, 3.8) is 0 Å². The van der Waals surface area contributed by atoms with Crippen LogP contribution in [0.2, 0.25) is 5.02 Å². The summed E-state index contributed by atoms with van der Waals surface area (Å²) in [6, 6.07) is 31.1. The summed E-state index contributed by atoms with van der Waals surface area (Å²) in [6.45, 7) is 5.65. The predicted molar refractivity (Wildman–Crippen MR) is 238 cm³/mol. The monoisotopic (exact) mass is 859 g/mol. The summed E-state index contributed by atoms with van der Waals surface area (Å²) >= 11 is 6.38. The molecule has 0 bridgehead atoms. The van der Waals surface area contributed by atoms with E-state index in [1.165, 1.54) is 24.3 Å². The topological polar surface area (TPSA) is 142 Å². The van der Waals surface area contributed by atoms with Crippen LogP contribution in [0.15, 0.2) is 120 Å². The molecule has 1 atom stereocenters. The second-order valence-electron chi connectivity index (χ2n) is 15.4. The van der Waals surface area contributed by atoms with E-state index < -0.39 is 27.9 Å². The first-order valence-corrected chi connectivity index (χ1v) is 22.7. The van der Waals surface area contributed by atoms with Gasteiger partial charge in [-0.1, -0.05) is 111 Å². The largest absolute Gasteiger partial charge is 0.394 e. The third-order valence-electron chi connectivity index (χ3n) is 11.2. The zero-order valence-corrected chi connectivity index (χ0v) is 36.0. The molecule has 0 aliphatic carbocycles. The Kier molecular flexibility index (Phi) is 13.7. The third kappa shape index (κ3) is 9.72. The van der Waals surface area contributed by atoms with Crippen LogP contribution in [0.4, 0.5) is 0 Å². The molecule has 1 aromatic heterocycles. The molecule has 1 aliphatic heterocycles. The van der Waals surface area contributed by atoms with E-state index >= 15 is 4.79 Å². The van der Waals surface area contributed by atoms with Crippen molar-refractivity contribution < 1.29 is 27.9 Å². The number of hydrogen-bond donors (Lipinski definition) is 2. The fraction of sp³-hybridized carbons (Fsp3) is 0.292. The zero-order chi connectivity index (χ0) is 43.1. The molecular formula is C48H50ClN5O6S. The highest BCUT2D eigenvalue weighted by atomic mass is 35.5. The quantitative estimate of drug-likeness (QED) is 0.0998. The van der Waals surface area contributed by atoms with Gasteiger partial charge in [-0.2, -0.15) is 0 Å². The smallest absolute Gasteiger partial charge is 0.274 e. The Morgan fingerprint density at radius 3 is 2.31 bits per heavy atom. The van der Waals surface area contributed by atoms with Crippen LogP contribution in [0.1, 0.15) is 87.4 Å². The van der Waals surface area contributed by atoms with E-state index in [0.29, 0.717) is 54.3 Å². The van der Waals surface area contributed by atoms with Crippen molar-refractivity contribution in [1.29, 1.82) is 0 Å². The number of benzene rings is 5. The second-order valence-corrected chi connectivity index (χ2v) is 17.5. The van der Waals surface area contributed by atoms with Gasteiger partial charge in [0.1, 0.15) is 11.5 Å². The third-order valence-corrected chi connectivity index (χ3v) is 12.9. The average molecular weight is 860 g/mol. The molecule has 2 N–H and O–H groups in total. The van der Waals surface area contributed by atoms with Gasteiger partial charge in [0.25, 0.3) is 27.7 Å². The van der Waals surface area contributed by atoms with Gasteiger partial charge in [0.2, 0.25) is 0 Å². The Morgan fingerprint density at radius 1 is 0.869 bits per heavy atom. The SMILES string of the molecule is CCCCN(CCCC)C(=O)c1cn(CCc2ccccc2)c(-c2ccc(C(=O)NS(=O)(=O)c3ccc4cccc(Cl)c4c3)cc2C(=O)N2Cc3ccccc3CC2CO)n1. The van der Waals surface area contributed by atoms with Crippen LogP contribution < -0.4 is 4.72 Å². The van der Waals surface area contributed by atoms with Crippen LogP contribution in [0.5, 0.6) is 0 Å². The van der Waals surface area contributed by atoms with Crippen molar-refractivity contribution in [2.45, 2.75) is 76.4 Å². The van der Waals surface area contributed by atoms with Gasteiger partial charge in [-0.05, 0) is 84.2 Å². The summed E-state index contributed by atoms with van der Waals surface area (Å²) < 4.78 is 31.4.